The fourth-order valence-corrected chi connectivity index (χ4v) is 4.08. The fourth-order valence-electron chi connectivity index (χ4n) is 4.08. The van der Waals surface area contributed by atoms with Crippen LogP contribution in [0.3, 0.4) is 0 Å². The second-order valence-corrected chi connectivity index (χ2v) is 12.9. The first-order valence-electron chi connectivity index (χ1n) is 10.6. The molecule has 0 spiro atoms. The van der Waals surface area contributed by atoms with Crippen molar-refractivity contribution in [2.45, 2.75) is 46.0 Å². The Labute approximate surface area is 205 Å². The van der Waals surface area contributed by atoms with E-state index in [2.05, 4.69) is 113 Å². The van der Waals surface area contributed by atoms with Gasteiger partial charge in [0.2, 0.25) is 0 Å². The molecular weight excluding hydrogens is 498 g/mol. The molecule has 0 N–H and O–H groups in total. The Kier molecular flexibility index (Phi) is 8.31. The van der Waals surface area contributed by atoms with E-state index in [0.717, 1.165) is 0 Å². The molecule has 0 unspecified atom stereocenters. The van der Waals surface area contributed by atoms with E-state index < -0.39 is 20.8 Å². The number of rotatable bonds is 3. The number of halogens is 2. The molecular formula is C28H29Cl2Zr-. The van der Waals surface area contributed by atoms with E-state index in [9.17, 15) is 0 Å². The summed E-state index contributed by atoms with van der Waals surface area (Å²) in [4.78, 5) is 0. The molecule has 4 aromatic carbocycles. The van der Waals surface area contributed by atoms with Crippen molar-refractivity contribution in [2.24, 2.45) is 0 Å². The van der Waals surface area contributed by atoms with Gasteiger partial charge < -0.3 is 0 Å². The van der Waals surface area contributed by atoms with Crippen LogP contribution in [0.1, 0.15) is 51.7 Å². The summed E-state index contributed by atoms with van der Waals surface area (Å²) in [7, 11) is 9.87. The van der Waals surface area contributed by atoms with E-state index in [1.807, 2.05) is 0 Å². The molecule has 31 heavy (non-hydrogen) atoms. The van der Waals surface area contributed by atoms with Crippen molar-refractivity contribution < 1.29 is 20.8 Å². The van der Waals surface area contributed by atoms with Crippen molar-refractivity contribution >= 4 is 27.8 Å². The molecule has 4 rings (SSSR count). The Morgan fingerprint density at radius 3 is 1.97 bits per heavy atom. The maximum absolute atomic E-state index is 4.93. The third-order valence-corrected chi connectivity index (χ3v) is 5.69. The molecule has 0 atom stereocenters. The summed E-state index contributed by atoms with van der Waals surface area (Å²) >= 11 is -0.826. The summed E-state index contributed by atoms with van der Waals surface area (Å²) in [6.45, 7) is 11.5. The van der Waals surface area contributed by atoms with Crippen molar-refractivity contribution in [1.82, 2.24) is 0 Å². The van der Waals surface area contributed by atoms with Crippen molar-refractivity contribution in [3.8, 4) is 22.3 Å². The van der Waals surface area contributed by atoms with Gasteiger partial charge in [0.05, 0.1) is 0 Å². The summed E-state index contributed by atoms with van der Waals surface area (Å²) in [5.41, 5.74) is 8.26. The first kappa shape index (κ1) is 24.4. The van der Waals surface area contributed by atoms with Gasteiger partial charge in [-0.3, -0.25) is 0 Å². The second-order valence-electron chi connectivity index (χ2n) is 9.16. The van der Waals surface area contributed by atoms with Gasteiger partial charge in [0.1, 0.15) is 0 Å². The van der Waals surface area contributed by atoms with Gasteiger partial charge in [-0.1, -0.05) is 100 Å². The summed E-state index contributed by atoms with van der Waals surface area (Å²) in [5, 5.41) is 2.71. The topological polar surface area (TPSA) is 0 Å². The number of hydrogen-bond donors (Lipinski definition) is 0. The van der Waals surface area contributed by atoms with E-state index >= 15 is 0 Å². The van der Waals surface area contributed by atoms with E-state index in [0.29, 0.717) is 5.92 Å². The van der Waals surface area contributed by atoms with Gasteiger partial charge in [0.15, 0.2) is 0 Å². The summed E-state index contributed by atoms with van der Waals surface area (Å²) in [6.07, 6.45) is 0. The van der Waals surface area contributed by atoms with E-state index in [-0.39, 0.29) is 5.41 Å². The van der Waals surface area contributed by atoms with E-state index in [1.54, 1.807) is 0 Å². The fraction of sp³-hybridized carbons (Fsp3) is 0.250. The Bertz CT molecular complexity index is 1130. The molecule has 0 aliphatic rings. The van der Waals surface area contributed by atoms with Crippen molar-refractivity contribution in [2.75, 3.05) is 0 Å². The monoisotopic (exact) mass is 525 g/mol. The molecule has 0 aromatic heterocycles. The van der Waals surface area contributed by atoms with Crippen LogP contribution in [0.2, 0.25) is 0 Å². The second kappa shape index (κ2) is 10.6. The van der Waals surface area contributed by atoms with Crippen LogP contribution in [0.5, 0.6) is 0 Å². The molecule has 0 radical (unpaired) electrons. The van der Waals surface area contributed by atoms with Gasteiger partial charge in [0.25, 0.3) is 0 Å². The van der Waals surface area contributed by atoms with Crippen LogP contribution in [-0.2, 0) is 26.3 Å². The van der Waals surface area contributed by atoms with Crippen LogP contribution in [-0.4, -0.2) is 0 Å². The third-order valence-electron chi connectivity index (χ3n) is 5.69. The quantitative estimate of drug-likeness (QED) is 0.233. The van der Waals surface area contributed by atoms with Crippen molar-refractivity contribution in [3.63, 3.8) is 0 Å². The molecule has 0 fully saturated rings. The molecule has 0 saturated heterocycles. The normalized spacial score (nSPS) is 11.4. The molecule has 0 aliphatic heterocycles. The van der Waals surface area contributed by atoms with Crippen LogP contribution in [0.25, 0.3) is 33.0 Å². The average molecular weight is 528 g/mol. The van der Waals surface area contributed by atoms with Crippen molar-refractivity contribution in [1.29, 1.82) is 0 Å². The molecule has 0 amide bonds. The number of hydrogen-bond acceptors (Lipinski definition) is 0. The zero-order chi connectivity index (χ0) is 22.6. The summed E-state index contributed by atoms with van der Waals surface area (Å²) in [5.74, 6) is 0.469. The Hall–Kier alpha value is -1.27. The van der Waals surface area contributed by atoms with Crippen molar-refractivity contribution in [3.05, 3.63) is 90.0 Å². The van der Waals surface area contributed by atoms with Crippen LogP contribution < -0.4 is 0 Å². The predicted octanol–water partition coefficient (Wildman–Crippen LogP) is 9.69. The molecule has 160 valence electrons. The number of fused-ring (bicyclic) bond motifs is 1. The van der Waals surface area contributed by atoms with E-state index in [1.165, 1.54) is 44.2 Å². The van der Waals surface area contributed by atoms with Crippen LogP contribution in [0, 0.1) is 0 Å². The molecule has 4 aromatic rings. The van der Waals surface area contributed by atoms with Gasteiger partial charge in [-0.15, -0.1) is 34.5 Å². The van der Waals surface area contributed by atoms with Gasteiger partial charge in [-0.25, -0.2) is 0 Å². The van der Waals surface area contributed by atoms with Gasteiger partial charge in [-0.05, 0) is 28.0 Å². The molecule has 0 bridgehead atoms. The molecule has 0 heterocycles. The summed E-state index contributed by atoms with van der Waals surface area (Å²) < 4.78 is 0. The van der Waals surface area contributed by atoms with Crippen LogP contribution in [0.4, 0.5) is 0 Å². The summed E-state index contributed by atoms with van der Waals surface area (Å²) in [6, 6.07) is 29.0. The average Bonchev–Trinajstić information content (AvgIpc) is 3.19. The van der Waals surface area contributed by atoms with Gasteiger partial charge >= 0.3 is 37.9 Å². The zero-order valence-electron chi connectivity index (χ0n) is 18.8. The minimum absolute atomic E-state index is 0.146. The predicted molar refractivity (Wildman–Crippen MR) is 135 cm³/mol. The van der Waals surface area contributed by atoms with Crippen LogP contribution in [0.15, 0.2) is 78.9 Å². The molecule has 0 nitrogen and oxygen atoms in total. The Morgan fingerprint density at radius 1 is 0.806 bits per heavy atom. The molecule has 0 aliphatic carbocycles. The SMILES string of the molecule is CC(C)c1ccc2[cH-]c(C(C)(C)C)cc2c1-c1ccccc1-c1ccccc1.[Cl][Zr][Cl]. The zero-order valence-corrected chi connectivity index (χ0v) is 22.8. The Balaban J connectivity index is 0.000000858. The first-order valence-corrected chi connectivity index (χ1v) is 17.0. The minimum atomic E-state index is -0.826. The van der Waals surface area contributed by atoms with Crippen LogP contribution >= 0.6 is 17.0 Å². The molecule has 3 heteroatoms. The maximum atomic E-state index is 4.93. The van der Waals surface area contributed by atoms with E-state index in [4.69, 9.17) is 17.0 Å². The standard InChI is InChI=1S/C28H29.2ClH.Zr/c1-19(2)23-16-15-21-17-22(28(3,4)5)18-26(21)27(23)25-14-10-9-13-24(25)20-11-7-6-8-12-20;;;/h6-19H,1-5H3;2*1H;/q-1;;;+2/p-2. The third kappa shape index (κ3) is 5.57. The number of benzene rings is 3. The van der Waals surface area contributed by atoms with Gasteiger partial charge in [-0.2, -0.15) is 6.07 Å². The Morgan fingerprint density at radius 2 is 1.39 bits per heavy atom. The molecule has 0 saturated carbocycles. The first-order chi connectivity index (χ1) is 14.8. The van der Waals surface area contributed by atoms with Gasteiger partial charge in [0, 0.05) is 0 Å².